The highest BCUT2D eigenvalue weighted by atomic mass is 16.7. The predicted octanol–water partition coefficient (Wildman–Crippen LogP) is -0.0412. The summed E-state index contributed by atoms with van der Waals surface area (Å²) in [6, 6.07) is 0. The first kappa shape index (κ1) is 15.9. The molecule has 2 aliphatic carbocycles. The predicted molar refractivity (Wildman–Crippen MR) is 74.0 cm³/mol. The molecule has 10 nitrogen and oxygen atoms in total. The summed E-state index contributed by atoms with van der Waals surface area (Å²) in [6.45, 7) is 0. The van der Waals surface area contributed by atoms with Crippen molar-refractivity contribution in [2.75, 3.05) is 14.2 Å². The van der Waals surface area contributed by atoms with Gasteiger partial charge in [0.25, 0.3) is 0 Å². The Bertz CT molecular complexity index is 474. The number of hydrogen-bond donors (Lipinski definition) is 2. The summed E-state index contributed by atoms with van der Waals surface area (Å²) in [6.07, 6.45) is -2.06. The molecule has 0 aromatic carbocycles. The molecular formula is C12H18N4O6. The van der Waals surface area contributed by atoms with Gasteiger partial charge in [0.05, 0.1) is 25.6 Å². The lowest BCUT2D eigenvalue weighted by atomic mass is 9.99. The Morgan fingerprint density at radius 1 is 0.909 bits per heavy atom. The van der Waals surface area contributed by atoms with E-state index in [2.05, 4.69) is 19.7 Å². The Balaban J connectivity index is 2.15. The highest BCUT2D eigenvalue weighted by Crippen LogP contribution is 2.43. The van der Waals surface area contributed by atoms with Gasteiger partial charge in [-0.15, -0.1) is 0 Å². The van der Waals surface area contributed by atoms with Gasteiger partial charge in [-0.1, -0.05) is 0 Å². The molecule has 2 aliphatic rings. The molecule has 10 heteroatoms. The average molecular weight is 314 g/mol. The molecule has 0 saturated heterocycles. The summed E-state index contributed by atoms with van der Waals surface area (Å²) in [4.78, 5) is 22.5. The molecule has 0 heterocycles. The molecule has 2 rings (SSSR count). The first-order chi connectivity index (χ1) is 10.5. The van der Waals surface area contributed by atoms with Crippen LogP contribution in [0.1, 0.15) is 12.8 Å². The van der Waals surface area contributed by atoms with Crippen molar-refractivity contribution in [3.8, 4) is 0 Å². The summed E-state index contributed by atoms with van der Waals surface area (Å²) in [5.41, 5.74) is 0.986. The van der Waals surface area contributed by atoms with Crippen LogP contribution in [0.15, 0.2) is 10.2 Å². The smallest absolute Gasteiger partial charge is 0.438 e. The SMILES string of the molecule is COC(=O)O[C@H]1C[C@H]2/C(=N\N)[C@H](OC(=O)OC)C[C@H]2/C1=N\N. The monoisotopic (exact) mass is 314 g/mol. The number of nitrogens with two attached hydrogens (primary N) is 2. The van der Waals surface area contributed by atoms with Crippen LogP contribution in [0.5, 0.6) is 0 Å². The second-order valence-electron chi connectivity index (χ2n) is 4.91. The molecular weight excluding hydrogens is 296 g/mol. The number of carbonyl (C=O) groups is 2. The number of nitrogens with zero attached hydrogens (tertiary/aromatic N) is 2. The van der Waals surface area contributed by atoms with Gasteiger partial charge in [-0.25, -0.2) is 9.59 Å². The molecule has 0 radical (unpaired) electrons. The molecule has 122 valence electrons. The lowest BCUT2D eigenvalue weighted by Gasteiger charge is -2.17. The van der Waals surface area contributed by atoms with Crippen molar-refractivity contribution in [3.05, 3.63) is 0 Å². The van der Waals surface area contributed by atoms with E-state index in [0.717, 1.165) is 0 Å². The molecule has 4 N–H and O–H groups in total. The number of fused-ring (bicyclic) bond motifs is 1. The molecule has 0 amide bonds. The molecule has 0 bridgehead atoms. The summed E-state index contributed by atoms with van der Waals surface area (Å²) < 4.78 is 19.2. The second kappa shape index (κ2) is 6.50. The van der Waals surface area contributed by atoms with Crippen molar-refractivity contribution in [3.63, 3.8) is 0 Å². The van der Waals surface area contributed by atoms with Crippen LogP contribution < -0.4 is 11.7 Å². The molecule has 2 saturated carbocycles. The Kier molecular flexibility index (Phi) is 4.68. The minimum atomic E-state index is -0.820. The van der Waals surface area contributed by atoms with E-state index in [4.69, 9.17) is 21.2 Å². The standard InChI is InChI=1S/C12H18N4O6/c1-19-11(17)21-7-3-5-6(9(7)15-13)4-8(10(5)16-14)22-12(18)20-2/h5-8H,3-4,13-14H2,1-2H3/b15-9+,16-10+/t5-,6-,7-,8+/m1/s1. The summed E-state index contributed by atoms with van der Waals surface area (Å²) in [5, 5.41) is 7.44. The van der Waals surface area contributed by atoms with Crippen LogP contribution >= 0.6 is 0 Å². The maximum absolute atomic E-state index is 11.3. The molecule has 0 aromatic heterocycles. The largest absolute Gasteiger partial charge is 0.508 e. The average Bonchev–Trinajstić information content (AvgIpc) is 3.00. The van der Waals surface area contributed by atoms with Crippen LogP contribution in [0.3, 0.4) is 0 Å². The van der Waals surface area contributed by atoms with Gasteiger partial charge in [-0.05, 0) is 12.8 Å². The number of methoxy groups -OCH3 is 2. The van der Waals surface area contributed by atoms with Gasteiger partial charge in [0.15, 0.2) is 0 Å². The summed E-state index contributed by atoms with van der Waals surface area (Å²) in [5.74, 6) is 10.5. The van der Waals surface area contributed by atoms with E-state index in [0.29, 0.717) is 24.3 Å². The first-order valence-electron chi connectivity index (χ1n) is 6.60. The molecule has 0 unspecified atom stereocenters. The van der Waals surface area contributed by atoms with Gasteiger partial charge in [0, 0.05) is 11.8 Å². The molecule has 2 fully saturated rings. The Morgan fingerprint density at radius 2 is 1.27 bits per heavy atom. The van der Waals surface area contributed by atoms with E-state index in [1.54, 1.807) is 0 Å². The fourth-order valence-corrected chi connectivity index (χ4v) is 3.07. The lowest BCUT2D eigenvalue weighted by Crippen LogP contribution is -2.30. The zero-order valence-electron chi connectivity index (χ0n) is 12.2. The highest BCUT2D eigenvalue weighted by Gasteiger charge is 2.53. The van der Waals surface area contributed by atoms with E-state index >= 15 is 0 Å². The number of ether oxygens (including phenoxy) is 4. The highest BCUT2D eigenvalue weighted by molar-refractivity contribution is 6.05. The summed E-state index contributed by atoms with van der Waals surface area (Å²) >= 11 is 0. The number of rotatable bonds is 2. The van der Waals surface area contributed by atoms with Gasteiger partial charge in [0.2, 0.25) is 0 Å². The zero-order chi connectivity index (χ0) is 16.3. The first-order valence-corrected chi connectivity index (χ1v) is 6.60. The molecule has 0 aliphatic heterocycles. The van der Waals surface area contributed by atoms with Crippen LogP contribution in [-0.4, -0.2) is 50.2 Å². The van der Waals surface area contributed by atoms with E-state index in [1.165, 1.54) is 14.2 Å². The lowest BCUT2D eigenvalue weighted by molar-refractivity contribution is 0.0549. The minimum Gasteiger partial charge on any atom is -0.438 e. The number of hydrazone groups is 2. The fraction of sp³-hybridized carbons (Fsp3) is 0.667. The minimum absolute atomic E-state index is 0.170. The molecule has 0 aromatic rings. The van der Waals surface area contributed by atoms with Gasteiger partial charge in [-0.3, -0.25) is 0 Å². The third-order valence-electron chi connectivity index (χ3n) is 3.95. The Labute approximate surface area is 126 Å². The van der Waals surface area contributed by atoms with Gasteiger partial charge in [-0.2, -0.15) is 10.2 Å². The Hall–Kier alpha value is -2.52. The van der Waals surface area contributed by atoms with E-state index in [1.807, 2.05) is 0 Å². The zero-order valence-corrected chi connectivity index (χ0v) is 12.2. The maximum Gasteiger partial charge on any atom is 0.508 e. The van der Waals surface area contributed by atoms with E-state index < -0.39 is 24.5 Å². The molecule has 22 heavy (non-hydrogen) atoms. The van der Waals surface area contributed by atoms with Crippen LogP contribution in [0.4, 0.5) is 9.59 Å². The normalized spacial score (nSPS) is 33.5. The van der Waals surface area contributed by atoms with Crippen molar-refractivity contribution < 1.29 is 28.5 Å². The third-order valence-corrected chi connectivity index (χ3v) is 3.95. The molecule has 4 atom stereocenters. The fourth-order valence-electron chi connectivity index (χ4n) is 3.07. The third kappa shape index (κ3) is 2.76. The van der Waals surface area contributed by atoms with Crippen LogP contribution in [0.2, 0.25) is 0 Å². The van der Waals surface area contributed by atoms with Gasteiger partial charge < -0.3 is 30.6 Å². The van der Waals surface area contributed by atoms with Crippen molar-refractivity contribution in [2.24, 2.45) is 33.7 Å². The van der Waals surface area contributed by atoms with Gasteiger partial charge >= 0.3 is 12.3 Å². The maximum atomic E-state index is 11.3. The van der Waals surface area contributed by atoms with E-state index in [9.17, 15) is 9.59 Å². The van der Waals surface area contributed by atoms with Crippen LogP contribution in [0, 0.1) is 11.8 Å². The number of hydrogen-bond acceptors (Lipinski definition) is 10. The second-order valence-corrected chi connectivity index (χ2v) is 4.91. The topological polar surface area (TPSA) is 148 Å². The van der Waals surface area contributed by atoms with Crippen molar-refractivity contribution in [1.82, 2.24) is 0 Å². The van der Waals surface area contributed by atoms with Crippen molar-refractivity contribution in [2.45, 2.75) is 25.0 Å². The Morgan fingerprint density at radius 3 is 1.55 bits per heavy atom. The van der Waals surface area contributed by atoms with Crippen LogP contribution in [0.25, 0.3) is 0 Å². The summed E-state index contributed by atoms with van der Waals surface area (Å²) in [7, 11) is 2.43. The quantitative estimate of drug-likeness (QED) is 0.409. The van der Waals surface area contributed by atoms with Crippen LogP contribution in [-0.2, 0) is 18.9 Å². The van der Waals surface area contributed by atoms with E-state index in [-0.39, 0.29) is 11.8 Å². The van der Waals surface area contributed by atoms with Gasteiger partial charge in [0.1, 0.15) is 12.2 Å². The van der Waals surface area contributed by atoms with Crippen molar-refractivity contribution >= 4 is 23.7 Å². The molecule has 0 spiro atoms. The van der Waals surface area contributed by atoms with Crippen molar-refractivity contribution in [1.29, 1.82) is 0 Å². The number of carbonyl (C=O) groups excluding carboxylic acids is 2.